The van der Waals surface area contributed by atoms with Crippen molar-refractivity contribution in [1.29, 1.82) is 0 Å². The van der Waals surface area contributed by atoms with Crippen molar-refractivity contribution in [3.8, 4) is 11.3 Å². The van der Waals surface area contributed by atoms with E-state index in [1.807, 2.05) is 25.1 Å². The van der Waals surface area contributed by atoms with Crippen LogP contribution in [0.5, 0.6) is 0 Å². The number of hydrogen-bond acceptors (Lipinski definition) is 6. The van der Waals surface area contributed by atoms with Crippen LogP contribution in [0.1, 0.15) is 38.4 Å². The maximum absolute atomic E-state index is 12.8. The number of rotatable bonds is 6. The van der Waals surface area contributed by atoms with Crippen molar-refractivity contribution in [3.63, 3.8) is 0 Å². The summed E-state index contributed by atoms with van der Waals surface area (Å²) in [5, 5.41) is 10.3. The highest BCUT2D eigenvalue weighted by molar-refractivity contribution is 5.73. The van der Waals surface area contributed by atoms with Crippen LogP contribution in [0.2, 0.25) is 0 Å². The number of anilines is 1. The number of aromatic amines is 1. The Morgan fingerprint density at radius 2 is 2.00 bits per heavy atom. The van der Waals surface area contributed by atoms with Crippen molar-refractivity contribution in [2.45, 2.75) is 39.5 Å². The number of aromatic nitrogens is 4. The molecule has 0 bridgehead atoms. The first-order valence-electron chi connectivity index (χ1n) is 11.0. The lowest BCUT2D eigenvalue weighted by Crippen LogP contribution is -2.37. The van der Waals surface area contributed by atoms with Gasteiger partial charge in [-0.2, -0.15) is 0 Å². The summed E-state index contributed by atoms with van der Waals surface area (Å²) < 4.78 is 7.07. The van der Waals surface area contributed by atoms with Gasteiger partial charge in [0, 0.05) is 30.6 Å². The summed E-state index contributed by atoms with van der Waals surface area (Å²) in [7, 11) is 0. The van der Waals surface area contributed by atoms with Crippen LogP contribution in [-0.4, -0.2) is 63.9 Å². The Balaban J connectivity index is 1.69. The van der Waals surface area contributed by atoms with Crippen LogP contribution < -0.4 is 11.0 Å². The Labute approximate surface area is 182 Å². The van der Waals surface area contributed by atoms with Gasteiger partial charge in [0.1, 0.15) is 0 Å². The highest BCUT2D eigenvalue weighted by Crippen LogP contribution is 2.33. The van der Waals surface area contributed by atoms with Crippen LogP contribution in [0.3, 0.4) is 0 Å². The van der Waals surface area contributed by atoms with E-state index in [2.05, 4.69) is 47.3 Å². The maximum Gasteiger partial charge on any atom is 0.348 e. The molecule has 0 spiro atoms. The van der Waals surface area contributed by atoms with Gasteiger partial charge >= 0.3 is 5.69 Å². The summed E-state index contributed by atoms with van der Waals surface area (Å²) in [5.74, 6) is 0.640. The number of nitrogens with one attached hydrogen (secondary N) is 2. The molecule has 3 aromatic rings. The van der Waals surface area contributed by atoms with Crippen LogP contribution in [0.25, 0.3) is 16.9 Å². The Morgan fingerprint density at radius 3 is 2.71 bits per heavy atom. The standard InChI is InChI=1S/C23H32N6O2/c1-16-7-5-8-17(15-16)18-19(23(2,3)4)25-20(21-26-27-22(30)29(18)21)24-9-6-10-28-11-13-31-14-12-28/h5,7-8,15H,6,9-14H2,1-4H3,(H,24,25)(H,27,30). The van der Waals surface area contributed by atoms with Gasteiger partial charge in [0.15, 0.2) is 5.82 Å². The second-order valence-electron chi connectivity index (χ2n) is 9.20. The van der Waals surface area contributed by atoms with E-state index in [0.29, 0.717) is 11.5 Å². The number of morpholine rings is 1. The number of benzene rings is 1. The average Bonchev–Trinajstić information content (AvgIpc) is 3.13. The fraction of sp³-hybridized carbons (Fsp3) is 0.522. The molecule has 8 nitrogen and oxygen atoms in total. The highest BCUT2D eigenvalue weighted by Gasteiger charge is 2.27. The van der Waals surface area contributed by atoms with Crippen molar-refractivity contribution in [2.75, 3.05) is 44.7 Å². The third-order valence-electron chi connectivity index (χ3n) is 5.60. The highest BCUT2D eigenvalue weighted by atomic mass is 16.5. The molecule has 31 heavy (non-hydrogen) atoms. The lowest BCUT2D eigenvalue weighted by atomic mass is 9.88. The van der Waals surface area contributed by atoms with Gasteiger partial charge in [-0.15, -0.1) is 5.10 Å². The van der Waals surface area contributed by atoms with Crippen LogP contribution in [0.15, 0.2) is 29.1 Å². The topological polar surface area (TPSA) is 87.5 Å². The fourth-order valence-corrected chi connectivity index (χ4v) is 4.02. The zero-order valence-electron chi connectivity index (χ0n) is 18.9. The van der Waals surface area contributed by atoms with Gasteiger partial charge in [-0.05, 0) is 26.0 Å². The number of ether oxygens (including phenoxy) is 1. The molecule has 4 rings (SSSR count). The minimum atomic E-state index is -0.256. The maximum atomic E-state index is 12.8. The lowest BCUT2D eigenvalue weighted by molar-refractivity contribution is 0.0378. The summed E-state index contributed by atoms with van der Waals surface area (Å²) in [6, 6.07) is 8.16. The molecule has 166 valence electrons. The quantitative estimate of drug-likeness (QED) is 0.592. The van der Waals surface area contributed by atoms with E-state index in [4.69, 9.17) is 9.72 Å². The molecule has 0 aliphatic carbocycles. The zero-order valence-corrected chi connectivity index (χ0v) is 18.9. The van der Waals surface area contributed by atoms with Gasteiger partial charge < -0.3 is 10.1 Å². The monoisotopic (exact) mass is 424 g/mol. The van der Waals surface area contributed by atoms with Gasteiger partial charge in [-0.3, -0.25) is 4.90 Å². The summed E-state index contributed by atoms with van der Waals surface area (Å²) in [6.45, 7) is 13.8. The second-order valence-corrected chi connectivity index (χ2v) is 9.20. The smallest absolute Gasteiger partial charge is 0.348 e. The Kier molecular flexibility index (Phi) is 6.11. The Hall–Kier alpha value is -2.71. The van der Waals surface area contributed by atoms with Crippen LogP contribution >= 0.6 is 0 Å². The molecule has 1 fully saturated rings. The van der Waals surface area contributed by atoms with E-state index >= 15 is 0 Å². The van der Waals surface area contributed by atoms with Crippen molar-refractivity contribution < 1.29 is 4.74 Å². The first-order chi connectivity index (χ1) is 14.8. The van der Waals surface area contributed by atoms with E-state index in [0.717, 1.165) is 68.3 Å². The van der Waals surface area contributed by atoms with E-state index in [1.165, 1.54) is 0 Å². The van der Waals surface area contributed by atoms with Crippen molar-refractivity contribution in [2.24, 2.45) is 0 Å². The normalized spacial score (nSPS) is 15.5. The molecule has 0 amide bonds. The molecular formula is C23H32N6O2. The SMILES string of the molecule is Cc1cccc(-c2c(C(C)(C)C)nc(NCCCN3CCOCC3)c3n[nH]c(=O)n23)c1. The number of hydrogen-bond donors (Lipinski definition) is 2. The van der Waals surface area contributed by atoms with Crippen molar-refractivity contribution in [1.82, 2.24) is 24.5 Å². The minimum absolute atomic E-state index is 0.254. The Bertz CT molecular complexity index is 1110. The number of H-pyrrole nitrogens is 1. The third-order valence-corrected chi connectivity index (χ3v) is 5.60. The zero-order chi connectivity index (χ0) is 22.0. The van der Waals surface area contributed by atoms with Gasteiger partial charge in [0.2, 0.25) is 5.65 Å². The van der Waals surface area contributed by atoms with Gasteiger partial charge in [0.05, 0.1) is 24.6 Å². The average molecular weight is 425 g/mol. The molecule has 8 heteroatoms. The second kappa shape index (κ2) is 8.80. The predicted octanol–water partition coefficient (Wildman–Crippen LogP) is 2.82. The van der Waals surface area contributed by atoms with Gasteiger partial charge in [-0.25, -0.2) is 19.3 Å². The minimum Gasteiger partial charge on any atom is -0.379 e. The molecule has 0 saturated carbocycles. The third kappa shape index (κ3) is 4.65. The first-order valence-corrected chi connectivity index (χ1v) is 11.0. The van der Waals surface area contributed by atoms with Crippen molar-refractivity contribution >= 4 is 11.5 Å². The summed E-state index contributed by atoms with van der Waals surface area (Å²) in [6.07, 6.45) is 0.979. The van der Waals surface area contributed by atoms with Crippen LogP contribution in [-0.2, 0) is 10.2 Å². The largest absolute Gasteiger partial charge is 0.379 e. The molecule has 1 aromatic carbocycles. The van der Waals surface area contributed by atoms with Gasteiger partial charge in [-0.1, -0.05) is 44.5 Å². The molecule has 0 radical (unpaired) electrons. The molecule has 0 unspecified atom stereocenters. The van der Waals surface area contributed by atoms with E-state index < -0.39 is 0 Å². The molecule has 1 saturated heterocycles. The molecule has 2 aromatic heterocycles. The number of nitrogens with zero attached hydrogens (tertiary/aromatic N) is 4. The molecule has 1 aliphatic heterocycles. The van der Waals surface area contributed by atoms with E-state index in [-0.39, 0.29) is 11.1 Å². The summed E-state index contributed by atoms with van der Waals surface area (Å²) in [4.78, 5) is 20.2. The first kappa shape index (κ1) is 21.5. The summed E-state index contributed by atoms with van der Waals surface area (Å²) >= 11 is 0. The van der Waals surface area contributed by atoms with E-state index in [9.17, 15) is 4.79 Å². The molecular weight excluding hydrogens is 392 g/mol. The molecule has 1 aliphatic rings. The van der Waals surface area contributed by atoms with Gasteiger partial charge in [0.25, 0.3) is 0 Å². The predicted molar refractivity (Wildman–Crippen MR) is 123 cm³/mol. The van der Waals surface area contributed by atoms with Crippen molar-refractivity contribution in [3.05, 3.63) is 46.0 Å². The Morgan fingerprint density at radius 1 is 1.23 bits per heavy atom. The molecule has 0 atom stereocenters. The van der Waals surface area contributed by atoms with Crippen LogP contribution in [0, 0.1) is 6.92 Å². The molecule has 2 N–H and O–H groups in total. The number of aryl methyl sites for hydroxylation is 1. The van der Waals surface area contributed by atoms with Crippen LogP contribution in [0.4, 0.5) is 5.82 Å². The fourth-order valence-electron chi connectivity index (χ4n) is 4.02. The summed E-state index contributed by atoms with van der Waals surface area (Å²) in [5.41, 5.74) is 3.77. The lowest BCUT2D eigenvalue weighted by Gasteiger charge is -2.26. The number of fused-ring (bicyclic) bond motifs is 1. The molecule has 3 heterocycles. The van der Waals surface area contributed by atoms with E-state index in [1.54, 1.807) is 4.40 Å².